The van der Waals surface area contributed by atoms with Gasteiger partial charge in [-0.2, -0.15) is 26.9 Å². The second-order valence-electron chi connectivity index (χ2n) is 2.99. The van der Waals surface area contributed by atoms with E-state index in [0.29, 0.717) is 0 Å². The van der Waals surface area contributed by atoms with E-state index in [0.717, 1.165) is 0 Å². The Morgan fingerprint density at radius 1 is 1.25 bits per heavy atom. The third-order valence-electron chi connectivity index (χ3n) is 1.55. The molecule has 0 saturated carbocycles. The Hall–Kier alpha value is -1.50. The number of nitrogens with zero attached hydrogens (tertiary/aromatic N) is 1. The predicted molar refractivity (Wildman–Crippen MR) is 66.5 cm³/mol. The van der Waals surface area contributed by atoms with Gasteiger partial charge in [0.2, 0.25) is 0 Å². The number of benzene rings is 1. The summed E-state index contributed by atoms with van der Waals surface area (Å²) in [6.45, 7) is 0. The van der Waals surface area contributed by atoms with Crippen LogP contribution in [0.25, 0.3) is 0 Å². The quantitative estimate of drug-likeness (QED) is 0.790. The fourth-order valence-electron chi connectivity index (χ4n) is 0.883. The van der Waals surface area contributed by atoms with Gasteiger partial charge >= 0.3 is 20.3 Å². The van der Waals surface area contributed by atoms with Crippen LogP contribution in [0, 0.1) is 11.3 Å². The van der Waals surface area contributed by atoms with Crippen LogP contribution in [0.5, 0.6) is 0 Å². The zero-order valence-corrected chi connectivity index (χ0v) is 11.6. The zero-order chi connectivity index (χ0) is 16.0. The number of amides is 1. The summed E-state index contributed by atoms with van der Waals surface area (Å²) in [4.78, 5) is 10.6. The van der Waals surface area contributed by atoms with Crippen molar-refractivity contribution in [3.05, 3.63) is 29.8 Å². The van der Waals surface area contributed by atoms with Crippen LogP contribution < -0.4 is 5.32 Å². The Balaban J connectivity index is 0.000000621. The van der Waals surface area contributed by atoms with Crippen LogP contribution in [0.3, 0.4) is 0 Å². The summed E-state index contributed by atoms with van der Waals surface area (Å²) in [6, 6.07) is 7.12. The van der Waals surface area contributed by atoms with E-state index in [2.05, 4.69) is 21.4 Å². The molecule has 1 N–H and O–H groups in total. The van der Waals surface area contributed by atoms with E-state index in [-0.39, 0.29) is 11.3 Å². The van der Waals surface area contributed by atoms with Crippen molar-refractivity contribution in [2.24, 2.45) is 0 Å². The zero-order valence-electron chi connectivity index (χ0n) is 9.28. The van der Waals surface area contributed by atoms with Gasteiger partial charge in [-0.05, 0) is 12.1 Å². The lowest BCUT2D eigenvalue weighted by molar-refractivity contribution is -0.167. The molecular weight excluding hydrogens is 344 g/mol. The van der Waals surface area contributed by atoms with Crippen LogP contribution in [-0.2, 0) is 13.1 Å². The molecule has 0 aliphatic heterocycles. The number of nitrogens with one attached hydrogen (secondary N) is 1. The van der Waals surface area contributed by atoms with Gasteiger partial charge in [-0.3, -0.25) is 4.79 Å². The van der Waals surface area contributed by atoms with E-state index in [4.69, 9.17) is 13.7 Å². The molecule has 0 aliphatic rings. The highest BCUT2D eigenvalue weighted by molar-refractivity contribution is 8.31. The molecule has 0 heterocycles. The number of anilines is 1. The number of carbonyl (C=O) groups excluding carboxylic acids is 1. The molecule has 0 unspecified atom stereocenters. The highest BCUT2D eigenvalue weighted by atomic mass is 36.0. The Morgan fingerprint density at radius 2 is 1.70 bits per heavy atom. The Morgan fingerprint density at radius 3 is 2.10 bits per heavy atom. The number of para-hydroxylation sites is 1. The van der Waals surface area contributed by atoms with Crippen molar-refractivity contribution in [3.8, 4) is 6.07 Å². The first-order valence-corrected chi connectivity index (χ1v) is 7.60. The van der Waals surface area contributed by atoms with Gasteiger partial charge in [-0.1, -0.05) is 12.1 Å². The molecule has 11 heteroatoms. The topological polar surface area (TPSA) is 87.0 Å². The number of hydrogen-bond acceptors (Lipinski definition) is 4. The number of carbonyl (C=O) groups is 1. The molecule has 5 nitrogen and oxygen atoms in total. The maximum atomic E-state index is 11.9. The molecule has 0 radical (unpaired) electrons. The van der Waals surface area contributed by atoms with Gasteiger partial charge in [0.1, 0.15) is 6.07 Å². The Bertz CT molecular complexity index is 618. The van der Waals surface area contributed by atoms with Crippen LogP contribution in [0.15, 0.2) is 24.3 Å². The predicted octanol–water partition coefficient (Wildman–Crippen LogP) is 2.77. The smallest absolute Gasteiger partial charge is 0.317 e. The van der Waals surface area contributed by atoms with Crippen LogP contribution >= 0.6 is 21.4 Å². The second-order valence-corrected chi connectivity index (χ2v) is 6.66. The fourth-order valence-corrected chi connectivity index (χ4v) is 0.883. The highest BCUT2D eigenvalue weighted by Gasteiger charge is 2.38. The van der Waals surface area contributed by atoms with Gasteiger partial charge in [0.15, 0.2) is 0 Å². The first-order valence-electron chi connectivity index (χ1n) is 4.46. The lowest BCUT2D eigenvalue weighted by atomic mass is 10.2. The molecule has 0 fully saturated rings. The van der Waals surface area contributed by atoms with Crippen LogP contribution in [0.2, 0.25) is 0 Å². The normalized spacial score (nSPS) is 10.8. The highest BCUT2D eigenvalue weighted by Crippen LogP contribution is 2.20. The molecule has 0 aromatic heterocycles. The molecule has 20 heavy (non-hydrogen) atoms. The molecule has 0 bridgehead atoms. The molecule has 0 atom stereocenters. The van der Waals surface area contributed by atoms with E-state index in [9.17, 15) is 18.0 Å². The van der Waals surface area contributed by atoms with E-state index >= 15 is 0 Å². The summed E-state index contributed by atoms with van der Waals surface area (Å²) in [5.74, 6) is -2.09. The van der Waals surface area contributed by atoms with Crippen molar-refractivity contribution in [2.45, 2.75) is 6.18 Å². The third kappa shape index (κ3) is 8.58. The Labute approximate surface area is 120 Å². The van der Waals surface area contributed by atoms with Crippen molar-refractivity contribution in [2.75, 3.05) is 5.32 Å². The lowest BCUT2D eigenvalue weighted by Crippen LogP contribution is -2.30. The number of rotatable bonds is 1. The van der Waals surface area contributed by atoms with E-state index in [1.165, 1.54) is 24.3 Å². The summed E-state index contributed by atoms with van der Waals surface area (Å²) in [5, 5.41) is 10.2. The van der Waals surface area contributed by atoms with Gasteiger partial charge in [-0.25, -0.2) is 0 Å². The minimum atomic E-state index is -4.96. The first kappa shape index (κ1) is 18.5. The molecule has 110 valence electrons. The number of alkyl halides is 3. The van der Waals surface area contributed by atoms with Gasteiger partial charge in [0.05, 0.1) is 11.3 Å². The number of nitriles is 1. The average Bonchev–Trinajstić information content (AvgIpc) is 2.26. The van der Waals surface area contributed by atoms with Gasteiger partial charge in [0.25, 0.3) is 0 Å². The molecule has 1 rings (SSSR count). The number of hydrogen-bond donors (Lipinski definition) is 1. The fraction of sp³-hybridized carbons (Fsp3) is 0.111. The minimum absolute atomic E-state index is 0.0184. The van der Waals surface area contributed by atoms with Crippen molar-refractivity contribution in [1.82, 2.24) is 0 Å². The molecule has 1 aromatic rings. The molecular formula is C9H5Cl2F3N2O3S. The minimum Gasteiger partial charge on any atom is -0.317 e. The van der Waals surface area contributed by atoms with E-state index in [1.54, 1.807) is 11.4 Å². The van der Waals surface area contributed by atoms with Crippen LogP contribution in [-0.4, -0.2) is 20.5 Å². The third-order valence-corrected chi connectivity index (χ3v) is 1.55. The summed E-state index contributed by atoms with van der Waals surface area (Å²) >= 11 is 0. The maximum absolute atomic E-state index is 11.9. The average molecular weight is 349 g/mol. The van der Waals surface area contributed by atoms with Crippen molar-refractivity contribution in [1.29, 1.82) is 5.26 Å². The standard InChI is InChI=1S/C9H5F3N2O.Cl2O2S/c10-9(11,12)8(15)14-7-4-2-1-3-6(7)5-13;1-5(2,3)4/h1-4H,(H,14,15);. The molecule has 0 spiro atoms. The van der Waals surface area contributed by atoms with Gasteiger partial charge in [-0.15, -0.1) is 0 Å². The maximum Gasteiger partial charge on any atom is 0.471 e. The molecule has 0 aliphatic carbocycles. The van der Waals surface area contributed by atoms with Crippen molar-refractivity contribution < 1.29 is 26.4 Å². The molecule has 1 aromatic carbocycles. The summed E-state index contributed by atoms with van der Waals surface area (Å²) in [6.07, 6.45) is -4.96. The summed E-state index contributed by atoms with van der Waals surface area (Å²) < 4.78 is 54.0. The van der Waals surface area contributed by atoms with Crippen LogP contribution in [0.1, 0.15) is 5.56 Å². The van der Waals surface area contributed by atoms with Crippen LogP contribution in [0.4, 0.5) is 18.9 Å². The SMILES string of the molecule is N#Cc1ccccc1NC(=O)C(F)(F)F.O=S(=O)(Cl)Cl. The molecule has 1 amide bonds. The summed E-state index contributed by atoms with van der Waals surface area (Å²) in [7, 11) is 4.81. The number of halogens is 5. The lowest BCUT2D eigenvalue weighted by Gasteiger charge is -2.08. The van der Waals surface area contributed by atoms with E-state index < -0.39 is 20.3 Å². The first-order chi connectivity index (χ1) is 8.95. The summed E-state index contributed by atoms with van der Waals surface area (Å²) in [5.41, 5.74) is -0.169. The largest absolute Gasteiger partial charge is 0.471 e. The van der Waals surface area contributed by atoms with Gasteiger partial charge < -0.3 is 5.32 Å². The Kier molecular flexibility index (Phi) is 6.78. The molecule has 0 saturated heterocycles. The van der Waals surface area contributed by atoms with Crippen molar-refractivity contribution >= 4 is 41.2 Å². The monoisotopic (exact) mass is 348 g/mol. The van der Waals surface area contributed by atoms with E-state index in [1.807, 2.05) is 0 Å². The van der Waals surface area contributed by atoms with Crippen molar-refractivity contribution in [3.63, 3.8) is 0 Å². The van der Waals surface area contributed by atoms with Gasteiger partial charge in [0, 0.05) is 21.4 Å². The second kappa shape index (κ2) is 7.33.